The van der Waals surface area contributed by atoms with E-state index < -0.39 is 6.10 Å². The molecule has 0 saturated carbocycles. The molecule has 0 spiro atoms. The van der Waals surface area contributed by atoms with Gasteiger partial charge in [0.15, 0.2) is 11.5 Å². The lowest BCUT2D eigenvalue weighted by Gasteiger charge is -2.08. The summed E-state index contributed by atoms with van der Waals surface area (Å²) >= 11 is 0. The summed E-state index contributed by atoms with van der Waals surface area (Å²) < 4.78 is 5.16. The number of aryl methyl sites for hydroxylation is 2. The number of aliphatic hydroxyl groups is 1. The van der Waals surface area contributed by atoms with Crippen molar-refractivity contribution in [2.45, 2.75) is 32.8 Å². The molecule has 2 aromatic rings. The lowest BCUT2D eigenvalue weighted by molar-refractivity contribution is 0.238. The van der Waals surface area contributed by atoms with Gasteiger partial charge in [0.2, 0.25) is 0 Å². The number of phenols is 1. The van der Waals surface area contributed by atoms with Crippen LogP contribution in [0.15, 0.2) is 36.4 Å². The molecule has 23 heavy (non-hydrogen) atoms. The lowest BCUT2D eigenvalue weighted by atomic mass is 10.0. The second-order valence-corrected chi connectivity index (χ2v) is 5.31. The van der Waals surface area contributed by atoms with Crippen molar-refractivity contribution in [1.29, 1.82) is 0 Å². The van der Waals surface area contributed by atoms with Gasteiger partial charge in [-0.15, -0.1) is 0 Å². The third-order valence-corrected chi connectivity index (χ3v) is 3.81. The van der Waals surface area contributed by atoms with Crippen LogP contribution in [0.2, 0.25) is 0 Å². The first kappa shape index (κ1) is 16.9. The van der Waals surface area contributed by atoms with Crippen LogP contribution in [0.25, 0.3) is 0 Å². The monoisotopic (exact) mass is 310 g/mol. The van der Waals surface area contributed by atoms with Gasteiger partial charge in [-0.1, -0.05) is 50.0 Å². The van der Waals surface area contributed by atoms with Crippen molar-refractivity contribution in [3.63, 3.8) is 0 Å². The summed E-state index contributed by atoms with van der Waals surface area (Å²) in [6, 6.07) is 11.3. The maximum atomic E-state index is 10.2. The van der Waals surface area contributed by atoms with Gasteiger partial charge in [0.05, 0.1) is 12.7 Å². The lowest BCUT2D eigenvalue weighted by Crippen LogP contribution is -1.95. The Bertz CT molecular complexity index is 721. The molecule has 1 unspecified atom stereocenters. The molecule has 3 heteroatoms. The molecule has 0 amide bonds. The van der Waals surface area contributed by atoms with Gasteiger partial charge in [-0.3, -0.25) is 0 Å². The van der Waals surface area contributed by atoms with E-state index in [0.29, 0.717) is 11.3 Å². The molecule has 0 bridgehead atoms. The highest BCUT2D eigenvalue weighted by Gasteiger charge is 2.09. The van der Waals surface area contributed by atoms with Crippen LogP contribution in [0, 0.1) is 11.8 Å². The van der Waals surface area contributed by atoms with E-state index in [1.807, 2.05) is 37.3 Å². The van der Waals surface area contributed by atoms with E-state index in [0.717, 1.165) is 24.0 Å². The summed E-state index contributed by atoms with van der Waals surface area (Å²) in [6.45, 7) is 4.11. The first-order valence-electron chi connectivity index (χ1n) is 7.77. The van der Waals surface area contributed by atoms with Crippen LogP contribution in [0.3, 0.4) is 0 Å². The number of aromatic hydroxyl groups is 1. The van der Waals surface area contributed by atoms with E-state index in [1.54, 1.807) is 6.07 Å². The highest BCUT2D eigenvalue weighted by atomic mass is 16.5. The molecule has 0 aliphatic carbocycles. The first-order valence-corrected chi connectivity index (χ1v) is 7.77. The number of aliphatic hydroxyl groups excluding tert-OH is 1. The fourth-order valence-corrected chi connectivity index (χ4v) is 2.28. The van der Waals surface area contributed by atoms with Crippen LogP contribution >= 0.6 is 0 Å². The average molecular weight is 310 g/mol. The number of benzene rings is 2. The van der Waals surface area contributed by atoms with Crippen LogP contribution in [0.4, 0.5) is 0 Å². The van der Waals surface area contributed by atoms with Crippen molar-refractivity contribution in [3.05, 3.63) is 58.7 Å². The number of hydrogen-bond acceptors (Lipinski definition) is 3. The van der Waals surface area contributed by atoms with Gasteiger partial charge in [0, 0.05) is 0 Å². The summed E-state index contributed by atoms with van der Waals surface area (Å²) in [5.74, 6) is 6.05. The van der Waals surface area contributed by atoms with Crippen LogP contribution in [0.5, 0.6) is 11.5 Å². The zero-order valence-electron chi connectivity index (χ0n) is 13.8. The minimum absolute atomic E-state index is 0.00531. The minimum atomic E-state index is -0.892. The molecular weight excluding hydrogens is 288 g/mol. The van der Waals surface area contributed by atoms with Crippen LogP contribution < -0.4 is 4.74 Å². The largest absolute Gasteiger partial charge is 0.503 e. The van der Waals surface area contributed by atoms with Gasteiger partial charge >= 0.3 is 0 Å². The van der Waals surface area contributed by atoms with Crippen molar-refractivity contribution >= 4 is 0 Å². The normalized spacial score (nSPS) is 11.5. The molecule has 120 valence electrons. The quantitative estimate of drug-likeness (QED) is 0.848. The molecular formula is C20H22O3. The summed E-state index contributed by atoms with van der Waals surface area (Å²) in [4.78, 5) is 0. The van der Waals surface area contributed by atoms with Gasteiger partial charge in [-0.05, 0) is 41.7 Å². The molecule has 0 saturated heterocycles. The Balaban J connectivity index is 2.29. The molecule has 0 heterocycles. The van der Waals surface area contributed by atoms with Crippen molar-refractivity contribution in [1.82, 2.24) is 0 Å². The van der Waals surface area contributed by atoms with Crippen molar-refractivity contribution in [2.24, 2.45) is 0 Å². The van der Waals surface area contributed by atoms with Crippen LogP contribution in [-0.2, 0) is 12.8 Å². The van der Waals surface area contributed by atoms with Gasteiger partial charge in [-0.25, -0.2) is 0 Å². The topological polar surface area (TPSA) is 49.7 Å². The first-order chi connectivity index (χ1) is 11.1. The number of methoxy groups -OCH3 is 1. The Morgan fingerprint density at radius 1 is 1.04 bits per heavy atom. The van der Waals surface area contributed by atoms with E-state index in [9.17, 15) is 10.2 Å². The molecule has 2 aromatic carbocycles. The van der Waals surface area contributed by atoms with E-state index >= 15 is 0 Å². The smallest absolute Gasteiger partial charge is 0.173 e. The van der Waals surface area contributed by atoms with Crippen LogP contribution in [0.1, 0.15) is 42.2 Å². The van der Waals surface area contributed by atoms with E-state index in [1.165, 1.54) is 12.7 Å². The van der Waals surface area contributed by atoms with Crippen molar-refractivity contribution in [3.8, 4) is 23.3 Å². The molecule has 0 aliphatic rings. The minimum Gasteiger partial charge on any atom is -0.503 e. The fraction of sp³-hybridized carbons (Fsp3) is 0.300. The standard InChI is InChI=1S/C20H22O3/c1-4-14-6-8-16(9-7-14)18(21)11-10-17-12-15(5-2)13-19(23-3)20(17)22/h6-9,12-13,18,21-22H,4-5H2,1-3H3. The molecule has 0 aliphatic heterocycles. The van der Waals surface area contributed by atoms with Crippen molar-refractivity contribution in [2.75, 3.05) is 7.11 Å². The molecule has 1 atom stereocenters. The average Bonchev–Trinajstić information content (AvgIpc) is 2.60. The Morgan fingerprint density at radius 3 is 2.26 bits per heavy atom. The van der Waals surface area contributed by atoms with E-state index in [-0.39, 0.29) is 5.75 Å². The predicted octanol–water partition coefficient (Wildman–Crippen LogP) is 3.61. The second kappa shape index (κ2) is 7.71. The highest BCUT2D eigenvalue weighted by Crippen LogP contribution is 2.31. The third kappa shape index (κ3) is 4.06. The van der Waals surface area contributed by atoms with Crippen LogP contribution in [-0.4, -0.2) is 17.3 Å². The fourth-order valence-electron chi connectivity index (χ4n) is 2.28. The zero-order chi connectivity index (χ0) is 16.8. The second-order valence-electron chi connectivity index (χ2n) is 5.31. The highest BCUT2D eigenvalue weighted by molar-refractivity contribution is 5.56. The zero-order valence-corrected chi connectivity index (χ0v) is 13.8. The SMILES string of the molecule is CCc1ccc(C(O)C#Cc2cc(CC)cc(OC)c2O)cc1. The molecule has 2 N–H and O–H groups in total. The maximum Gasteiger partial charge on any atom is 0.173 e. The Kier molecular flexibility index (Phi) is 5.67. The van der Waals surface area contributed by atoms with E-state index in [4.69, 9.17) is 4.74 Å². The molecule has 2 rings (SSSR count). The molecule has 3 nitrogen and oxygen atoms in total. The number of hydrogen-bond donors (Lipinski definition) is 2. The van der Waals surface area contributed by atoms with Gasteiger partial charge < -0.3 is 14.9 Å². The summed E-state index contributed by atoms with van der Waals surface area (Å²) in [7, 11) is 1.51. The third-order valence-electron chi connectivity index (χ3n) is 3.81. The van der Waals surface area contributed by atoms with Gasteiger partial charge in [0.25, 0.3) is 0 Å². The number of phenolic OH excluding ortho intramolecular Hbond substituents is 1. The Labute approximate surface area is 137 Å². The molecule has 0 aromatic heterocycles. The van der Waals surface area contributed by atoms with E-state index in [2.05, 4.69) is 18.8 Å². The Hall–Kier alpha value is -2.44. The summed E-state index contributed by atoms with van der Waals surface area (Å²) in [5, 5.41) is 20.4. The van der Waals surface area contributed by atoms with Gasteiger partial charge in [0.1, 0.15) is 6.10 Å². The van der Waals surface area contributed by atoms with Crippen molar-refractivity contribution < 1.29 is 14.9 Å². The Morgan fingerprint density at radius 2 is 1.70 bits per heavy atom. The number of rotatable bonds is 4. The summed E-state index contributed by atoms with van der Waals surface area (Å²) in [6.07, 6.45) is 0.878. The predicted molar refractivity (Wildman–Crippen MR) is 91.7 cm³/mol. The summed E-state index contributed by atoms with van der Waals surface area (Å²) in [5.41, 5.74) is 3.44. The number of ether oxygens (including phenoxy) is 1. The molecule has 0 fully saturated rings. The molecule has 0 radical (unpaired) electrons. The van der Waals surface area contributed by atoms with Gasteiger partial charge in [-0.2, -0.15) is 0 Å². The maximum absolute atomic E-state index is 10.2.